The minimum atomic E-state index is -0.494. The third-order valence-corrected chi connectivity index (χ3v) is 3.54. The lowest BCUT2D eigenvalue weighted by Gasteiger charge is -2.35. The van der Waals surface area contributed by atoms with Gasteiger partial charge in [-0.2, -0.15) is 0 Å². The predicted octanol–water partition coefficient (Wildman–Crippen LogP) is 1.18. The monoisotopic (exact) mass is 322 g/mol. The zero-order chi connectivity index (χ0) is 16.9. The molecule has 128 valence electrons. The van der Waals surface area contributed by atoms with Crippen LogP contribution in [0, 0.1) is 0 Å². The lowest BCUT2D eigenvalue weighted by atomic mass is 10.2. The summed E-state index contributed by atoms with van der Waals surface area (Å²) in [6.45, 7) is 8.59. The van der Waals surface area contributed by atoms with Gasteiger partial charge in [-0.15, -0.1) is 0 Å². The van der Waals surface area contributed by atoms with Crippen LogP contribution in [-0.2, 0) is 16.1 Å². The van der Waals surface area contributed by atoms with Gasteiger partial charge in [0.2, 0.25) is 5.91 Å². The first-order chi connectivity index (χ1) is 10.8. The zero-order valence-electron chi connectivity index (χ0n) is 14.1. The topological polar surface area (TPSA) is 77.7 Å². The van der Waals surface area contributed by atoms with Crippen LogP contribution in [0.3, 0.4) is 0 Å². The lowest BCUT2D eigenvalue weighted by Crippen LogP contribution is -2.53. The van der Waals surface area contributed by atoms with Gasteiger partial charge in [0.15, 0.2) is 0 Å². The number of rotatable bonds is 4. The number of nitrogens with one attached hydrogen (secondary N) is 2. The van der Waals surface area contributed by atoms with Crippen molar-refractivity contribution in [2.75, 3.05) is 32.7 Å². The van der Waals surface area contributed by atoms with E-state index in [2.05, 4.69) is 10.3 Å². The van der Waals surface area contributed by atoms with Gasteiger partial charge in [-0.3, -0.25) is 4.79 Å². The Morgan fingerprint density at radius 3 is 2.43 bits per heavy atom. The van der Waals surface area contributed by atoms with E-state index in [-0.39, 0.29) is 12.0 Å². The molecule has 1 aromatic heterocycles. The zero-order valence-corrected chi connectivity index (χ0v) is 14.1. The van der Waals surface area contributed by atoms with E-state index in [1.54, 1.807) is 9.80 Å². The summed E-state index contributed by atoms with van der Waals surface area (Å²) in [6, 6.07) is 3.89. The minimum Gasteiger partial charge on any atom is -0.444 e. The molecule has 7 nitrogen and oxygen atoms in total. The van der Waals surface area contributed by atoms with Crippen LogP contribution in [0.4, 0.5) is 4.79 Å². The normalized spacial score (nSPS) is 15.6. The molecule has 1 fully saturated rings. The minimum absolute atomic E-state index is 0.0559. The van der Waals surface area contributed by atoms with Crippen molar-refractivity contribution in [3.05, 3.63) is 24.0 Å². The molecule has 1 aliphatic rings. The molecule has 0 unspecified atom stereocenters. The Hall–Kier alpha value is -2.02. The maximum Gasteiger partial charge on any atom is 0.410 e. The molecule has 23 heavy (non-hydrogen) atoms. The Morgan fingerprint density at radius 1 is 1.22 bits per heavy atom. The van der Waals surface area contributed by atoms with Crippen molar-refractivity contribution < 1.29 is 14.3 Å². The summed E-state index contributed by atoms with van der Waals surface area (Å²) in [5.74, 6) is 0.0559. The summed E-state index contributed by atoms with van der Waals surface area (Å²) >= 11 is 0. The van der Waals surface area contributed by atoms with Crippen molar-refractivity contribution >= 4 is 12.0 Å². The quantitative estimate of drug-likeness (QED) is 0.873. The fraction of sp³-hybridized carbons (Fsp3) is 0.625. The van der Waals surface area contributed by atoms with Crippen LogP contribution >= 0.6 is 0 Å². The van der Waals surface area contributed by atoms with Crippen molar-refractivity contribution in [2.24, 2.45) is 0 Å². The van der Waals surface area contributed by atoms with E-state index in [4.69, 9.17) is 4.74 Å². The van der Waals surface area contributed by atoms with Gasteiger partial charge < -0.3 is 24.8 Å². The number of aromatic nitrogens is 1. The van der Waals surface area contributed by atoms with E-state index in [0.717, 1.165) is 5.69 Å². The van der Waals surface area contributed by atoms with E-state index in [0.29, 0.717) is 39.3 Å². The highest BCUT2D eigenvalue weighted by Crippen LogP contribution is 2.11. The first kappa shape index (κ1) is 17.3. The summed E-state index contributed by atoms with van der Waals surface area (Å²) in [6.07, 6.45) is 1.55. The molecular formula is C16H26N4O3. The first-order valence-corrected chi connectivity index (χ1v) is 7.94. The average molecular weight is 322 g/mol. The lowest BCUT2D eigenvalue weighted by molar-refractivity contribution is -0.132. The summed E-state index contributed by atoms with van der Waals surface area (Å²) in [4.78, 5) is 30.6. The number of hydrogen-bond acceptors (Lipinski definition) is 4. The fourth-order valence-electron chi connectivity index (χ4n) is 2.36. The van der Waals surface area contributed by atoms with Crippen LogP contribution in [-0.4, -0.2) is 65.1 Å². The number of nitrogens with zero attached hydrogens (tertiary/aromatic N) is 2. The molecule has 2 heterocycles. The van der Waals surface area contributed by atoms with Gasteiger partial charge in [0, 0.05) is 44.6 Å². The second kappa shape index (κ2) is 7.50. The first-order valence-electron chi connectivity index (χ1n) is 7.94. The number of ether oxygens (including phenoxy) is 1. The molecule has 0 atom stereocenters. The molecule has 0 radical (unpaired) electrons. The third kappa shape index (κ3) is 5.59. The van der Waals surface area contributed by atoms with Gasteiger partial charge in [-0.25, -0.2) is 4.79 Å². The van der Waals surface area contributed by atoms with Crippen LogP contribution in [0.5, 0.6) is 0 Å². The van der Waals surface area contributed by atoms with Crippen molar-refractivity contribution in [3.63, 3.8) is 0 Å². The Bertz CT molecular complexity index is 514. The maximum absolute atomic E-state index is 12.2. The number of carbonyl (C=O) groups is 2. The highest BCUT2D eigenvalue weighted by molar-refractivity contribution is 5.78. The average Bonchev–Trinajstić information content (AvgIpc) is 2.99. The molecule has 1 aromatic rings. The molecule has 0 bridgehead atoms. The summed E-state index contributed by atoms with van der Waals surface area (Å²) < 4.78 is 5.35. The predicted molar refractivity (Wildman–Crippen MR) is 86.9 cm³/mol. The third-order valence-electron chi connectivity index (χ3n) is 3.54. The second-order valence-electron chi connectivity index (χ2n) is 6.65. The van der Waals surface area contributed by atoms with Crippen LogP contribution < -0.4 is 5.32 Å². The van der Waals surface area contributed by atoms with Gasteiger partial charge >= 0.3 is 6.09 Å². The Balaban J connectivity index is 1.69. The smallest absolute Gasteiger partial charge is 0.410 e. The number of aromatic amines is 1. The van der Waals surface area contributed by atoms with E-state index < -0.39 is 5.60 Å². The number of piperazine rings is 1. The van der Waals surface area contributed by atoms with E-state index in [9.17, 15) is 9.59 Å². The van der Waals surface area contributed by atoms with Crippen LogP contribution in [0.2, 0.25) is 0 Å². The molecule has 0 spiro atoms. The highest BCUT2D eigenvalue weighted by atomic mass is 16.6. The summed E-state index contributed by atoms with van der Waals surface area (Å²) in [5.41, 5.74) is 0.554. The van der Waals surface area contributed by atoms with Crippen LogP contribution in [0.1, 0.15) is 26.5 Å². The SMILES string of the molecule is CC(C)(C)OC(=O)N1CCN(C(=O)CNCc2ccc[nH]2)CC1. The summed E-state index contributed by atoms with van der Waals surface area (Å²) in [5, 5.41) is 3.12. The molecule has 2 N–H and O–H groups in total. The Labute approximate surface area is 137 Å². The van der Waals surface area contributed by atoms with E-state index in [1.807, 2.05) is 39.1 Å². The molecule has 0 aromatic carbocycles. The van der Waals surface area contributed by atoms with Crippen molar-refractivity contribution in [1.82, 2.24) is 20.1 Å². The van der Waals surface area contributed by atoms with Crippen molar-refractivity contribution in [1.29, 1.82) is 0 Å². The molecule has 2 rings (SSSR count). The highest BCUT2D eigenvalue weighted by Gasteiger charge is 2.27. The van der Waals surface area contributed by atoms with Gasteiger partial charge in [0.1, 0.15) is 5.60 Å². The van der Waals surface area contributed by atoms with Crippen LogP contribution in [0.15, 0.2) is 18.3 Å². The fourth-order valence-corrected chi connectivity index (χ4v) is 2.36. The van der Waals surface area contributed by atoms with E-state index in [1.165, 1.54) is 0 Å². The Morgan fingerprint density at radius 2 is 1.87 bits per heavy atom. The number of amides is 2. The molecule has 0 aliphatic carbocycles. The largest absolute Gasteiger partial charge is 0.444 e. The van der Waals surface area contributed by atoms with Gasteiger partial charge in [-0.1, -0.05) is 0 Å². The van der Waals surface area contributed by atoms with Crippen molar-refractivity contribution in [3.8, 4) is 0 Å². The Kier molecular flexibility index (Phi) is 5.65. The second-order valence-corrected chi connectivity index (χ2v) is 6.65. The summed E-state index contributed by atoms with van der Waals surface area (Å²) in [7, 11) is 0. The number of carbonyl (C=O) groups excluding carboxylic acids is 2. The molecule has 0 saturated carbocycles. The molecule has 2 amide bonds. The number of hydrogen-bond donors (Lipinski definition) is 2. The van der Waals surface area contributed by atoms with E-state index >= 15 is 0 Å². The molecule has 1 aliphatic heterocycles. The molecular weight excluding hydrogens is 296 g/mol. The molecule has 1 saturated heterocycles. The molecule has 7 heteroatoms. The van der Waals surface area contributed by atoms with Gasteiger partial charge in [-0.05, 0) is 32.9 Å². The van der Waals surface area contributed by atoms with Gasteiger partial charge in [0.05, 0.1) is 6.54 Å². The maximum atomic E-state index is 12.2. The van der Waals surface area contributed by atoms with Gasteiger partial charge in [0.25, 0.3) is 0 Å². The number of H-pyrrole nitrogens is 1. The standard InChI is InChI=1S/C16H26N4O3/c1-16(2,3)23-15(22)20-9-7-19(8-10-20)14(21)12-17-11-13-5-4-6-18-13/h4-6,17-18H,7-12H2,1-3H3. The van der Waals surface area contributed by atoms with Crippen molar-refractivity contribution in [2.45, 2.75) is 32.9 Å². The van der Waals surface area contributed by atoms with Crippen LogP contribution in [0.25, 0.3) is 0 Å².